The highest BCUT2D eigenvalue weighted by molar-refractivity contribution is 8.13. The Hall–Kier alpha value is -2.86. The molecule has 0 unspecified atom stereocenters. The lowest BCUT2D eigenvalue weighted by atomic mass is 10.1. The Morgan fingerprint density at radius 3 is 2.50 bits per heavy atom. The molecule has 1 aliphatic heterocycles. The number of benzene rings is 2. The summed E-state index contributed by atoms with van der Waals surface area (Å²) in [7, 11) is 0. The van der Waals surface area contributed by atoms with Crippen molar-refractivity contribution in [2.45, 2.75) is 20.3 Å². The van der Waals surface area contributed by atoms with E-state index in [4.69, 9.17) is 4.99 Å². The number of aromatic nitrogens is 2. The van der Waals surface area contributed by atoms with E-state index >= 15 is 0 Å². The number of rotatable bonds is 3. The average molecular weight is 391 g/mol. The van der Waals surface area contributed by atoms with Crippen LogP contribution in [0.1, 0.15) is 28.2 Å². The van der Waals surface area contributed by atoms with Crippen molar-refractivity contribution in [2.75, 3.05) is 12.3 Å². The summed E-state index contributed by atoms with van der Waals surface area (Å²) in [5.74, 6) is 0.966. The molecule has 0 saturated carbocycles. The minimum Gasteiger partial charge on any atom is -0.287 e. The quantitative estimate of drug-likeness (QED) is 0.648. The molecular formula is C22H22N4OS. The second kappa shape index (κ2) is 8.02. The highest BCUT2D eigenvalue weighted by Crippen LogP contribution is 2.24. The van der Waals surface area contributed by atoms with E-state index in [1.807, 2.05) is 79.2 Å². The number of amidine groups is 1. The molecule has 2 aromatic carbocycles. The van der Waals surface area contributed by atoms with E-state index in [1.165, 1.54) is 0 Å². The molecule has 1 fully saturated rings. The Kier molecular flexibility index (Phi) is 5.30. The van der Waals surface area contributed by atoms with Gasteiger partial charge in [-0.05, 0) is 62.7 Å². The highest BCUT2D eigenvalue weighted by atomic mass is 32.2. The summed E-state index contributed by atoms with van der Waals surface area (Å²) in [4.78, 5) is 19.6. The zero-order valence-corrected chi connectivity index (χ0v) is 16.8. The Balaban J connectivity index is 1.59. The van der Waals surface area contributed by atoms with Crippen LogP contribution in [0.2, 0.25) is 0 Å². The number of carbonyl (C=O) groups excluding carboxylic acids is 1. The molecule has 28 heavy (non-hydrogen) atoms. The van der Waals surface area contributed by atoms with Crippen molar-refractivity contribution in [3.63, 3.8) is 0 Å². The van der Waals surface area contributed by atoms with Crippen LogP contribution in [0.15, 0.2) is 65.7 Å². The maximum Gasteiger partial charge on any atom is 0.259 e. The molecule has 0 N–H and O–H groups in total. The Morgan fingerprint density at radius 2 is 1.82 bits per heavy atom. The van der Waals surface area contributed by atoms with Crippen LogP contribution >= 0.6 is 11.8 Å². The second-order valence-corrected chi connectivity index (χ2v) is 7.84. The number of nitrogens with zero attached hydrogens (tertiary/aromatic N) is 4. The molecule has 3 aromatic rings. The minimum atomic E-state index is -0.0122. The number of carbonyl (C=O) groups is 1. The molecule has 142 valence electrons. The first kappa shape index (κ1) is 18.5. The summed E-state index contributed by atoms with van der Waals surface area (Å²) >= 11 is 1.63. The molecule has 0 aliphatic carbocycles. The maximum absolute atomic E-state index is 13.1. The fourth-order valence-corrected chi connectivity index (χ4v) is 4.20. The monoisotopic (exact) mass is 390 g/mol. The smallest absolute Gasteiger partial charge is 0.259 e. The third-order valence-corrected chi connectivity index (χ3v) is 5.65. The topological polar surface area (TPSA) is 50.5 Å². The molecule has 1 aliphatic rings. The van der Waals surface area contributed by atoms with Crippen LogP contribution in [-0.4, -0.2) is 38.1 Å². The Labute approximate surface area is 169 Å². The van der Waals surface area contributed by atoms with Crippen LogP contribution in [-0.2, 0) is 0 Å². The van der Waals surface area contributed by atoms with Crippen molar-refractivity contribution < 1.29 is 4.79 Å². The van der Waals surface area contributed by atoms with Gasteiger partial charge < -0.3 is 0 Å². The molecule has 0 spiro atoms. The summed E-state index contributed by atoms with van der Waals surface area (Å²) in [6.07, 6.45) is 0.966. The van der Waals surface area contributed by atoms with Gasteiger partial charge in [0.2, 0.25) is 0 Å². The summed E-state index contributed by atoms with van der Waals surface area (Å²) in [5, 5.41) is 5.27. The Morgan fingerprint density at radius 1 is 1.07 bits per heavy atom. The average Bonchev–Trinajstić information content (AvgIpc) is 3.07. The van der Waals surface area contributed by atoms with Gasteiger partial charge in [-0.15, -0.1) is 0 Å². The van der Waals surface area contributed by atoms with E-state index in [1.54, 1.807) is 16.7 Å². The predicted octanol–water partition coefficient (Wildman–Crippen LogP) is 4.76. The number of para-hydroxylation sites is 1. The van der Waals surface area contributed by atoms with Gasteiger partial charge in [0.1, 0.15) is 0 Å². The molecule has 4 rings (SSSR count). The van der Waals surface area contributed by atoms with Crippen LogP contribution in [0.25, 0.3) is 5.69 Å². The van der Waals surface area contributed by atoms with Gasteiger partial charge in [-0.25, -0.2) is 9.67 Å². The van der Waals surface area contributed by atoms with E-state index in [0.717, 1.165) is 40.1 Å². The van der Waals surface area contributed by atoms with Crippen molar-refractivity contribution in [2.24, 2.45) is 4.99 Å². The van der Waals surface area contributed by atoms with Crippen molar-refractivity contribution in [1.82, 2.24) is 14.7 Å². The lowest BCUT2D eigenvalue weighted by Gasteiger charge is -2.27. The standard InChI is InChI=1S/C22H22N4OS/c1-16-15-17(2)26(24-16)20-11-9-18(10-12-20)21(27)25-13-6-14-28-22(25)23-19-7-4-3-5-8-19/h3-5,7-12,15H,6,13-14H2,1-2H3. The molecular weight excluding hydrogens is 368 g/mol. The molecule has 5 nitrogen and oxygen atoms in total. The summed E-state index contributed by atoms with van der Waals surface area (Å²) in [6, 6.07) is 19.4. The highest BCUT2D eigenvalue weighted by Gasteiger charge is 2.25. The van der Waals surface area contributed by atoms with Gasteiger partial charge in [0.15, 0.2) is 5.17 Å². The predicted molar refractivity (Wildman–Crippen MR) is 115 cm³/mol. The molecule has 0 bridgehead atoms. The minimum absolute atomic E-state index is 0.0122. The van der Waals surface area contributed by atoms with Crippen LogP contribution in [0.5, 0.6) is 0 Å². The van der Waals surface area contributed by atoms with Gasteiger partial charge in [-0.3, -0.25) is 9.69 Å². The first-order chi connectivity index (χ1) is 13.6. The number of aryl methyl sites for hydroxylation is 2. The fourth-order valence-electron chi connectivity index (χ4n) is 3.25. The molecule has 6 heteroatoms. The summed E-state index contributed by atoms with van der Waals surface area (Å²) in [6.45, 7) is 4.69. The molecule has 0 radical (unpaired) electrons. The first-order valence-electron chi connectivity index (χ1n) is 9.34. The third kappa shape index (κ3) is 3.87. The van der Waals surface area contributed by atoms with Gasteiger partial charge in [-0.2, -0.15) is 5.10 Å². The fraction of sp³-hybridized carbons (Fsp3) is 0.227. The largest absolute Gasteiger partial charge is 0.287 e. The zero-order valence-electron chi connectivity index (χ0n) is 16.0. The number of hydrogen-bond donors (Lipinski definition) is 0. The number of hydrogen-bond acceptors (Lipinski definition) is 4. The SMILES string of the molecule is Cc1cc(C)n(-c2ccc(C(=O)N3CCCSC3=Nc3ccccc3)cc2)n1. The van der Waals surface area contributed by atoms with Crippen molar-refractivity contribution in [3.8, 4) is 5.69 Å². The van der Waals surface area contributed by atoms with E-state index in [2.05, 4.69) is 5.10 Å². The molecule has 2 heterocycles. The van der Waals surface area contributed by atoms with E-state index in [9.17, 15) is 4.79 Å². The molecule has 0 atom stereocenters. The van der Waals surface area contributed by atoms with Gasteiger partial charge in [0, 0.05) is 23.6 Å². The number of aliphatic imine (C=N–C) groups is 1. The van der Waals surface area contributed by atoms with Gasteiger partial charge in [0.25, 0.3) is 5.91 Å². The van der Waals surface area contributed by atoms with Crippen LogP contribution in [0.3, 0.4) is 0 Å². The van der Waals surface area contributed by atoms with Crippen molar-refractivity contribution >= 4 is 28.5 Å². The number of thioether (sulfide) groups is 1. The first-order valence-corrected chi connectivity index (χ1v) is 10.3. The molecule has 1 amide bonds. The van der Waals surface area contributed by atoms with Crippen molar-refractivity contribution in [3.05, 3.63) is 77.6 Å². The van der Waals surface area contributed by atoms with E-state index in [-0.39, 0.29) is 5.91 Å². The lowest BCUT2D eigenvalue weighted by molar-refractivity contribution is 0.0849. The summed E-state index contributed by atoms with van der Waals surface area (Å²) in [5.41, 5.74) is 4.53. The van der Waals surface area contributed by atoms with E-state index in [0.29, 0.717) is 12.1 Å². The van der Waals surface area contributed by atoms with Crippen LogP contribution in [0.4, 0.5) is 5.69 Å². The van der Waals surface area contributed by atoms with Crippen molar-refractivity contribution in [1.29, 1.82) is 0 Å². The lowest BCUT2D eigenvalue weighted by Crippen LogP contribution is -2.39. The van der Waals surface area contributed by atoms with Gasteiger partial charge in [-0.1, -0.05) is 30.0 Å². The maximum atomic E-state index is 13.1. The number of amides is 1. The zero-order chi connectivity index (χ0) is 19.5. The van der Waals surface area contributed by atoms with Crippen LogP contribution in [0, 0.1) is 13.8 Å². The summed E-state index contributed by atoms with van der Waals surface area (Å²) < 4.78 is 1.89. The van der Waals surface area contributed by atoms with Gasteiger partial charge in [0.05, 0.1) is 17.1 Å². The second-order valence-electron chi connectivity index (χ2n) is 6.77. The van der Waals surface area contributed by atoms with E-state index < -0.39 is 0 Å². The van der Waals surface area contributed by atoms with Gasteiger partial charge >= 0.3 is 0 Å². The molecule has 1 saturated heterocycles. The Bertz CT molecular complexity index is 1010. The molecule has 1 aromatic heterocycles. The normalized spacial score (nSPS) is 15.8. The van der Waals surface area contributed by atoms with Crippen LogP contribution < -0.4 is 0 Å². The third-order valence-electron chi connectivity index (χ3n) is 4.58.